The largest absolute Gasteiger partial charge is 0.460 e. The van der Waals surface area contributed by atoms with Crippen molar-refractivity contribution in [3.63, 3.8) is 0 Å². The number of halogens is 1. The molecule has 0 aliphatic heterocycles. The summed E-state index contributed by atoms with van der Waals surface area (Å²) in [5.41, 5.74) is -1.96. The van der Waals surface area contributed by atoms with Crippen LogP contribution in [0.1, 0.15) is 27.2 Å². The minimum absolute atomic E-state index is 0.0365. The number of nitrogens with two attached hydrogens (primary N) is 2. The average molecular weight is 688 g/mol. The van der Waals surface area contributed by atoms with Crippen LogP contribution in [-0.2, 0) is 29.6 Å². The lowest BCUT2D eigenvalue weighted by atomic mass is 10.1. The zero-order valence-corrected chi connectivity index (χ0v) is 26.5. The third-order valence-corrected chi connectivity index (χ3v) is 8.32. The van der Waals surface area contributed by atoms with E-state index in [-0.39, 0.29) is 17.0 Å². The summed E-state index contributed by atoms with van der Waals surface area (Å²) < 4.78 is 62.7. The van der Waals surface area contributed by atoms with Crippen molar-refractivity contribution >= 4 is 54.8 Å². The molecule has 0 spiro atoms. The van der Waals surface area contributed by atoms with Gasteiger partial charge in [0, 0.05) is 28.8 Å². The second-order valence-corrected chi connectivity index (χ2v) is 14.4. The van der Waals surface area contributed by atoms with Gasteiger partial charge in [0.05, 0.1) is 26.1 Å². The fraction of sp³-hybridized carbons (Fsp3) is 0.269. The van der Waals surface area contributed by atoms with Gasteiger partial charge < -0.3 is 10.1 Å². The van der Waals surface area contributed by atoms with Gasteiger partial charge in [-0.25, -0.2) is 27.1 Å². The molecule has 0 aliphatic rings. The van der Waals surface area contributed by atoms with Gasteiger partial charge in [-0.05, 0) is 57.2 Å². The van der Waals surface area contributed by atoms with Crippen LogP contribution in [-0.4, -0.2) is 50.0 Å². The zero-order chi connectivity index (χ0) is 34.2. The number of anilines is 1. The molecule has 0 fully saturated rings. The van der Waals surface area contributed by atoms with Gasteiger partial charge in [-0.1, -0.05) is 18.2 Å². The molecule has 3 rings (SSSR count). The van der Waals surface area contributed by atoms with E-state index in [2.05, 4.69) is 5.32 Å². The molecule has 3 aromatic rings. The number of benzene rings is 3. The molecule has 0 aromatic heterocycles. The monoisotopic (exact) mass is 687 g/mol. The van der Waals surface area contributed by atoms with Crippen LogP contribution < -0.4 is 15.6 Å². The smallest absolute Gasteiger partial charge is 0.308 e. The molecule has 45 heavy (non-hydrogen) atoms. The van der Waals surface area contributed by atoms with Gasteiger partial charge in [0.1, 0.15) is 11.3 Å². The van der Waals surface area contributed by atoms with Crippen molar-refractivity contribution in [3.8, 4) is 0 Å². The van der Waals surface area contributed by atoms with E-state index in [0.717, 1.165) is 17.0 Å². The number of thioether (sulfide) groups is 1. The normalized spacial score (nSPS) is 12.3. The number of esters is 1. The van der Waals surface area contributed by atoms with Crippen molar-refractivity contribution < 1.29 is 40.6 Å². The number of carbonyl (C=O) groups is 1. The molecule has 5 N–H and O–H groups in total. The maximum atomic E-state index is 12.7. The minimum atomic E-state index is -4.10. The lowest BCUT2D eigenvalue weighted by molar-refractivity contribution is -0.387. The first-order valence-corrected chi connectivity index (χ1v) is 16.7. The quantitative estimate of drug-likeness (QED) is 0.112. The third kappa shape index (κ3) is 12.4. The standard InChI is InChI=1S/C20H25N3O6S2.C6H5FN2O4S/c1-20(2,3)29-19(24)11-14(13-30-15-7-5-4-6-8-15)22-17-10-9-16(31(21,27)28)12-18(17)23(25)26;7-5-2-1-4(14(8,12)13)3-6(5)9(10)11/h4-10,12,14,22H,11,13H2,1-3H3,(H2,21,27,28);1-3H,(H2,8,12,13)/t14-;/m1./s1. The summed E-state index contributed by atoms with van der Waals surface area (Å²) >= 11 is 1.47. The van der Waals surface area contributed by atoms with E-state index in [1.54, 1.807) is 20.8 Å². The Kier molecular flexibility index (Phi) is 12.5. The number of carbonyl (C=O) groups excluding carboxylic acids is 1. The highest BCUT2D eigenvalue weighted by Crippen LogP contribution is 2.30. The number of ether oxygens (including phenoxy) is 1. The first-order chi connectivity index (χ1) is 20.7. The lowest BCUT2D eigenvalue weighted by Gasteiger charge is -2.23. The van der Waals surface area contributed by atoms with Gasteiger partial charge >= 0.3 is 11.7 Å². The number of nitrogens with zero attached hydrogens (tertiary/aromatic N) is 2. The SMILES string of the molecule is CC(C)(C)OC(=O)C[C@H](CSc1ccccc1)Nc1ccc(S(N)(=O)=O)cc1[N+](=O)[O-].NS(=O)(=O)c1ccc(F)c([N+](=O)[O-])c1. The van der Waals surface area contributed by atoms with Crippen LogP contribution >= 0.6 is 11.8 Å². The Morgan fingerprint density at radius 2 is 1.42 bits per heavy atom. The van der Waals surface area contributed by atoms with Crippen molar-refractivity contribution in [1.82, 2.24) is 0 Å². The molecule has 19 heteroatoms. The third-order valence-electron chi connectivity index (χ3n) is 5.32. The van der Waals surface area contributed by atoms with Crippen LogP contribution in [0.15, 0.2) is 81.4 Å². The molecule has 0 amide bonds. The number of primary sulfonamides is 2. The number of sulfonamides is 2. The van der Waals surface area contributed by atoms with Crippen LogP contribution in [0.4, 0.5) is 21.5 Å². The van der Waals surface area contributed by atoms with Gasteiger partial charge in [-0.3, -0.25) is 25.0 Å². The van der Waals surface area contributed by atoms with E-state index < -0.39 is 69.6 Å². The molecule has 3 aromatic carbocycles. The average Bonchev–Trinajstić information content (AvgIpc) is 2.90. The van der Waals surface area contributed by atoms with Crippen LogP contribution in [0, 0.1) is 26.0 Å². The molecule has 0 heterocycles. The second-order valence-electron chi connectivity index (χ2n) is 10.2. The number of nitrogens with one attached hydrogen (secondary N) is 1. The van der Waals surface area contributed by atoms with Gasteiger partial charge in [0.2, 0.25) is 25.9 Å². The highest BCUT2D eigenvalue weighted by molar-refractivity contribution is 7.99. The molecule has 0 radical (unpaired) electrons. The molecule has 0 unspecified atom stereocenters. The summed E-state index contributed by atoms with van der Waals surface area (Å²) in [6, 6.07) is 14.4. The molecule has 0 saturated carbocycles. The van der Waals surface area contributed by atoms with Gasteiger partial charge in [-0.2, -0.15) is 4.39 Å². The van der Waals surface area contributed by atoms with E-state index in [1.807, 2.05) is 30.3 Å². The van der Waals surface area contributed by atoms with E-state index in [0.29, 0.717) is 17.9 Å². The number of rotatable bonds is 11. The Morgan fingerprint density at radius 1 is 0.911 bits per heavy atom. The number of hydrogen-bond acceptors (Lipinski definition) is 12. The summed E-state index contributed by atoms with van der Waals surface area (Å²) in [7, 11) is -8.15. The Bertz CT molecular complexity index is 1770. The van der Waals surface area contributed by atoms with E-state index in [4.69, 9.17) is 15.0 Å². The molecule has 15 nitrogen and oxygen atoms in total. The summed E-state index contributed by atoms with van der Waals surface area (Å²) in [6.45, 7) is 5.26. The van der Waals surface area contributed by atoms with Crippen molar-refractivity contribution in [2.45, 2.75) is 53.5 Å². The molecular weight excluding hydrogens is 658 g/mol. The summed E-state index contributed by atoms with van der Waals surface area (Å²) in [6.07, 6.45) is -0.0365. The highest BCUT2D eigenvalue weighted by atomic mass is 32.2. The van der Waals surface area contributed by atoms with Crippen molar-refractivity contribution in [1.29, 1.82) is 0 Å². The molecule has 0 saturated heterocycles. The van der Waals surface area contributed by atoms with Crippen molar-refractivity contribution in [3.05, 3.63) is 92.8 Å². The molecular formula is C26H30FN5O10S3. The lowest BCUT2D eigenvalue weighted by Crippen LogP contribution is -2.31. The molecule has 0 bridgehead atoms. The molecule has 1 atom stereocenters. The van der Waals surface area contributed by atoms with Crippen LogP contribution in [0.2, 0.25) is 0 Å². The van der Waals surface area contributed by atoms with Crippen LogP contribution in [0.5, 0.6) is 0 Å². The number of nitro benzene ring substituents is 2. The first kappa shape index (κ1) is 37.0. The summed E-state index contributed by atoms with van der Waals surface area (Å²) in [5, 5.41) is 34.5. The van der Waals surface area contributed by atoms with E-state index in [1.165, 1.54) is 23.9 Å². The minimum Gasteiger partial charge on any atom is -0.460 e. The predicted molar refractivity (Wildman–Crippen MR) is 164 cm³/mol. The Hall–Kier alpha value is -4.17. The van der Waals surface area contributed by atoms with Gasteiger partial charge in [0.15, 0.2) is 0 Å². The van der Waals surface area contributed by atoms with Crippen molar-refractivity contribution in [2.24, 2.45) is 10.3 Å². The van der Waals surface area contributed by atoms with Crippen LogP contribution in [0.25, 0.3) is 0 Å². The van der Waals surface area contributed by atoms with E-state index >= 15 is 0 Å². The summed E-state index contributed by atoms with van der Waals surface area (Å²) in [5.74, 6) is -1.15. The zero-order valence-electron chi connectivity index (χ0n) is 24.1. The van der Waals surface area contributed by atoms with E-state index in [9.17, 15) is 46.2 Å². The van der Waals surface area contributed by atoms with Gasteiger partial charge in [0.25, 0.3) is 5.69 Å². The molecule has 244 valence electrons. The number of hydrogen-bond donors (Lipinski definition) is 3. The Labute approximate surface area is 262 Å². The highest BCUT2D eigenvalue weighted by Gasteiger charge is 2.25. The maximum Gasteiger partial charge on any atom is 0.308 e. The topological polar surface area (TPSA) is 245 Å². The predicted octanol–water partition coefficient (Wildman–Crippen LogP) is 3.93. The Morgan fingerprint density at radius 3 is 1.91 bits per heavy atom. The second kappa shape index (κ2) is 15.2. The number of nitro groups is 2. The van der Waals surface area contributed by atoms with Crippen molar-refractivity contribution in [2.75, 3.05) is 11.1 Å². The summed E-state index contributed by atoms with van der Waals surface area (Å²) in [4.78, 5) is 32.5. The fourth-order valence-electron chi connectivity index (χ4n) is 3.44. The van der Waals surface area contributed by atoms with Gasteiger partial charge in [-0.15, -0.1) is 11.8 Å². The first-order valence-electron chi connectivity index (χ1n) is 12.6. The molecule has 0 aliphatic carbocycles. The fourth-order valence-corrected chi connectivity index (χ4v) is 5.45. The Balaban J connectivity index is 0.000000420. The maximum absolute atomic E-state index is 12.7. The van der Waals surface area contributed by atoms with Crippen LogP contribution in [0.3, 0.4) is 0 Å².